The van der Waals surface area contributed by atoms with E-state index in [0.717, 1.165) is 30.0 Å². The molecule has 0 radical (unpaired) electrons. The highest BCUT2D eigenvalue weighted by molar-refractivity contribution is 5.94. The minimum atomic E-state index is -0.0633. The van der Waals surface area contributed by atoms with Crippen molar-refractivity contribution in [1.29, 1.82) is 0 Å². The van der Waals surface area contributed by atoms with Crippen LogP contribution in [0.15, 0.2) is 54.7 Å². The Labute approximate surface area is 130 Å². The number of nitrogens with one attached hydrogen (secondary N) is 1. The van der Waals surface area contributed by atoms with Crippen molar-refractivity contribution in [3.05, 3.63) is 71.6 Å². The Balaban J connectivity index is 1.58. The molecule has 2 aromatic rings. The number of nitrogens with zero attached hydrogens (tertiary/aromatic N) is 2. The van der Waals surface area contributed by atoms with E-state index in [1.165, 1.54) is 0 Å². The van der Waals surface area contributed by atoms with Crippen molar-refractivity contribution >= 4 is 11.6 Å². The van der Waals surface area contributed by atoms with Gasteiger partial charge in [-0.15, -0.1) is 0 Å². The predicted octanol–water partition coefficient (Wildman–Crippen LogP) is 2.70. The Hall–Kier alpha value is -2.62. The lowest BCUT2D eigenvalue weighted by molar-refractivity contribution is 0.0951. The number of carbonyl (C=O) groups is 1. The summed E-state index contributed by atoms with van der Waals surface area (Å²) >= 11 is 0. The first-order chi connectivity index (χ1) is 10.7. The Morgan fingerprint density at radius 2 is 1.86 bits per heavy atom. The van der Waals surface area contributed by atoms with E-state index in [0.29, 0.717) is 12.1 Å². The van der Waals surface area contributed by atoms with Crippen LogP contribution >= 0.6 is 0 Å². The van der Waals surface area contributed by atoms with Gasteiger partial charge in [0.2, 0.25) is 0 Å². The lowest BCUT2D eigenvalue weighted by Gasteiger charge is -2.17. The van der Waals surface area contributed by atoms with E-state index < -0.39 is 0 Å². The van der Waals surface area contributed by atoms with E-state index in [2.05, 4.69) is 27.4 Å². The van der Waals surface area contributed by atoms with E-state index in [1.54, 1.807) is 6.20 Å². The normalized spacial score (nSPS) is 13.4. The molecule has 1 aliphatic rings. The molecule has 4 nitrogen and oxygen atoms in total. The number of benzene rings is 1. The molecule has 112 valence electrons. The molecule has 0 saturated heterocycles. The first-order valence-corrected chi connectivity index (χ1v) is 7.42. The third-order valence-corrected chi connectivity index (χ3v) is 3.74. The maximum absolute atomic E-state index is 12.2. The molecule has 0 unspecified atom stereocenters. The molecular formula is C18H19N3O. The monoisotopic (exact) mass is 293 g/mol. The van der Waals surface area contributed by atoms with Crippen LogP contribution in [-0.4, -0.2) is 24.0 Å². The maximum atomic E-state index is 12.2. The number of anilines is 1. The molecule has 1 aliphatic heterocycles. The molecule has 0 saturated carbocycles. The first-order valence-electron chi connectivity index (χ1n) is 7.42. The Bertz CT molecular complexity index is 666. The molecule has 0 bridgehead atoms. The number of rotatable bonds is 4. The van der Waals surface area contributed by atoms with Crippen LogP contribution in [0.1, 0.15) is 21.6 Å². The fourth-order valence-electron chi connectivity index (χ4n) is 2.40. The smallest absolute Gasteiger partial charge is 0.251 e. The second-order valence-corrected chi connectivity index (χ2v) is 5.41. The van der Waals surface area contributed by atoms with Crippen LogP contribution in [0.25, 0.3) is 0 Å². The minimum Gasteiger partial charge on any atom is -0.364 e. The summed E-state index contributed by atoms with van der Waals surface area (Å²) in [6.07, 6.45) is 6.09. The molecule has 1 amide bonds. The van der Waals surface area contributed by atoms with E-state index in [-0.39, 0.29) is 5.91 Å². The number of aryl methyl sites for hydroxylation is 1. The summed E-state index contributed by atoms with van der Waals surface area (Å²) in [6, 6.07) is 11.7. The average molecular weight is 293 g/mol. The van der Waals surface area contributed by atoms with Gasteiger partial charge in [-0.1, -0.05) is 18.2 Å². The number of carbonyl (C=O) groups excluding carboxylic acids is 1. The van der Waals surface area contributed by atoms with Gasteiger partial charge in [-0.25, -0.2) is 0 Å². The fourth-order valence-corrected chi connectivity index (χ4v) is 2.40. The summed E-state index contributed by atoms with van der Waals surface area (Å²) in [5.41, 5.74) is 3.79. The number of hydrogen-bond donors (Lipinski definition) is 1. The zero-order valence-electron chi connectivity index (χ0n) is 12.6. The van der Waals surface area contributed by atoms with Gasteiger partial charge >= 0.3 is 0 Å². The Morgan fingerprint density at radius 3 is 2.50 bits per heavy atom. The van der Waals surface area contributed by atoms with E-state index >= 15 is 0 Å². The van der Waals surface area contributed by atoms with Crippen molar-refractivity contribution in [2.45, 2.75) is 13.5 Å². The van der Waals surface area contributed by atoms with E-state index in [4.69, 9.17) is 0 Å². The van der Waals surface area contributed by atoms with Gasteiger partial charge in [0.15, 0.2) is 0 Å². The number of pyridine rings is 1. The standard InChI is InChI=1S/C18H19N3O/c1-14-4-5-15(12-19-14)13-20-18(22)16-6-8-17(9-7-16)21-10-2-3-11-21/h2-9,12H,10-11,13H2,1H3,(H,20,22). The number of amides is 1. The maximum Gasteiger partial charge on any atom is 0.251 e. The van der Waals surface area contributed by atoms with Crippen LogP contribution in [-0.2, 0) is 6.54 Å². The van der Waals surface area contributed by atoms with Gasteiger partial charge in [-0.3, -0.25) is 9.78 Å². The Kier molecular flexibility index (Phi) is 4.19. The third-order valence-electron chi connectivity index (χ3n) is 3.74. The highest BCUT2D eigenvalue weighted by atomic mass is 16.1. The van der Waals surface area contributed by atoms with Crippen molar-refractivity contribution in [1.82, 2.24) is 10.3 Å². The molecule has 3 rings (SSSR count). The second kappa shape index (κ2) is 6.43. The molecule has 1 aromatic carbocycles. The van der Waals surface area contributed by atoms with Crippen molar-refractivity contribution in [3.63, 3.8) is 0 Å². The van der Waals surface area contributed by atoms with Gasteiger partial charge in [0, 0.05) is 42.8 Å². The summed E-state index contributed by atoms with van der Waals surface area (Å²) in [5.74, 6) is -0.0633. The second-order valence-electron chi connectivity index (χ2n) is 5.41. The topological polar surface area (TPSA) is 45.2 Å². The van der Waals surface area contributed by atoms with Crippen LogP contribution < -0.4 is 10.2 Å². The molecule has 1 N–H and O–H groups in total. The van der Waals surface area contributed by atoms with Crippen molar-refractivity contribution < 1.29 is 4.79 Å². The quantitative estimate of drug-likeness (QED) is 0.882. The summed E-state index contributed by atoms with van der Waals surface area (Å²) in [7, 11) is 0. The lowest BCUT2D eigenvalue weighted by atomic mass is 10.1. The molecule has 2 heterocycles. The minimum absolute atomic E-state index is 0.0633. The van der Waals surface area contributed by atoms with Gasteiger partial charge in [0.1, 0.15) is 0 Å². The third kappa shape index (κ3) is 3.34. The van der Waals surface area contributed by atoms with Gasteiger partial charge in [-0.05, 0) is 42.8 Å². The Morgan fingerprint density at radius 1 is 1.14 bits per heavy atom. The van der Waals surface area contributed by atoms with Crippen LogP contribution in [0.4, 0.5) is 5.69 Å². The van der Waals surface area contributed by atoms with Gasteiger partial charge in [-0.2, -0.15) is 0 Å². The van der Waals surface area contributed by atoms with Crippen LogP contribution in [0.5, 0.6) is 0 Å². The molecule has 0 atom stereocenters. The molecule has 0 fully saturated rings. The highest BCUT2D eigenvalue weighted by Crippen LogP contribution is 2.17. The first kappa shape index (κ1) is 14.3. The van der Waals surface area contributed by atoms with Gasteiger partial charge < -0.3 is 10.2 Å². The van der Waals surface area contributed by atoms with Crippen LogP contribution in [0, 0.1) is 6.92 Å². The zero-order chi connectivity index (χ0) is 15.4. The summed E-state index contributed by atoms with van der Waals surface area (Å²) in [4.78, 5) is 18.6. The largest absolute Gasteiger partial charge is 0.364 e. The van der Waals surface area contributed by atoms with Gasteiger partial charge in [0.25, 0.3) is 5.91 Å². The molecule has 1 aromatic heterocycles. The molecule has 0 spiro atoms. The van der Waals surface area contributed by atoms with Crippen molar-refractivity contribution in [2.24, 2.45) is 0 Å². The van der Waals surface area contributed by atoms with Crippen molar-refractivity contribution in [3.8, 4) is 0 Å². The molecular weight excluding hydrogens is 274 g/mol. The summed E-state index contributed by atoms with van der Waals surface area (Å²) < 4.78 is 0. The number of hydrogen-bond acceptors (Lipinski definition) is 3. The van der Waals surface area contributed by atoms with Crippen molar-refractivity contribution in [2.75, 3.05) is 18.0 Å². The lowest BCUT2D eigenvalue weighted by Crippen LogP contribution is -2.23. The summed E-state index contributed by atoms with van der Waals surface area (Å²) in [6.45, 7) is 4.31. The number of aromatic nitrogens is 1. The summed E-state index contributed by atoms with van der Waals surface area (Å²) in [5, 5.41) is 2.92. The highest BCUT2D eigenvalue weighted by Gasteiger charge is 2.09. The van der Waals surface area contributed by atoms with Crippen LogP contribution in [0.3, 0.4) is 0 Å². The molecule has 22 heavy (non-hydrogen) atoms. The molecule has 4 heteroatoms. The SMILES string of the molecule is Cc1ccc(CNC(=O)c2ccc(N3CC=CC3)cc2)cn1. The average Bonchev–Trinajstić information content (AvgIpc) is 3.09. The fraction of sp³-hybridized carbons (Fsp3) is 0.222. The van der Waals surface area contributed by atoms with Gasteiger partial charge in [0.05, 0.1) is 0 Å². The van der Waals surface area contributed by atoms with E-state index in [1.807, 2.05) is 43.3 Å². The van der Waals surface area contributed by atoms with E-state index in [9.17, 15) is 4.79 Å². The van der Waals surface area contributed by atoms with Crippen LogP contribution in [0.2, 0.25) is 0 Å². The predicted molar refractivity (Wildman–Crippen MR) is 87.9 cm³/mol. The molecule has 0 aliphatic carbocycles. The zero-order valence-corrected chi connectivity index (χ0v) is 12.6.